The second-order valence-electron chi connectivity index (χ2n) is 8.75. The fourth-order valence-electron chi connectivity index (χ4n) is 3.16. The molecule has 1 aromatic heterocycles. The van der Waals surface area contributed by atoms with Crippen molar-refractivity contribution in [1.29, 1.82) is 5.41 Å². The summed E-state index contributed by atoms with van der Waals surface area (Å²) in [5.74, 6) is 3.52. The molecule has 0 aliphatic carbocycles. The summed E-state index contributed by atoms with van der Waals surface area (Å²) in [6.45, 7) is 16.0. The van der Waals surface area contributed by atoms with Crippen LogP contribution in [0.15, 0.2) is 24.3 Å². The van der Waals surface area contributed by atoms with Crippen LogP contribution in [0.2, 0.25) is 0 Å². The highest BCUT2D eigenvalue weighted by atomic mass is 19.4. The molecule has 2 heterocycles. The Morgan fingerprint density at radius 1 is 1.05 bits per heavy atom. The van der Waals surface area contributed by atoms with Crippen molar-refractivity contribution in [3.8, 4) is 12.3 Å². The third-order valence-electron chi connectivity index (χ3n) is 5.05. The van der Waals surface area contributed by atoms with E-state index in [4.69, 9.17) is 10.4 Å². The second-order valence-corrected chi connectivity index (χ2v) is 8.75. The van der Waals surface area contributed by atoms with Crippen LogP contribution in [0.1, 0.15) is 64.3 Å². The number of hydrogen-bond acceptors (Lipinski definition) is 7. The number of likely N-dealkylation sites (N-methyl/N-ethyl adjacent to an activating group) is 1. The molecule has 1 aliphatic rings. The Balaban J connectivity index is 0. The van der Waals surface area contributed by atoms with Gasteiger partial charge in [-0.15, -0.1) is 12.3 Å². The standard InChI is InChI=1S/C19H25F3N6.C3H4F3N.C3H8.C3H4.C2H6/c1-13-16(7-8-23-2)26-18(28-11-9-24-10-12-28)27-17(13)25-15-5-3-14(4-6-15)19(20,21)22;4-3(5,6)1-2-7;2*1-3-2;1-2/h3-6,23-24H,7-12H2,1-2H3,(H,25,26,27);2,7H,1H2;3H2,1-2H3;1H,2H3;1-2H3. The lowest BCUT2D eigenvalue weighted by Crippen LogP contribution is -2.44. The molecule has 7 nitrogen and oxygen atoms in total. The van der Waals surface area contributed by atoms with Crippen molar-refractivity contribution in [1.82, 2.24) is 20.6 Å². The Hall–Kier alpha value is -3.37. The minimum atomic E-state index is -4.35. The predicted octanol–water partition coefficient (Wildman–Crippen LogP) is 7.39. The van der Waals surface area contributed by atoms with Crippen LogP contribution in [-0.4, -0.2) is 62.1 Å². The molecular weight excluding hydrogens is 572 g/mol. The van der Waals surface area contributed by atoms with Crippen molar-refractivity contribution < 1.29 is 26.3 Å². The average Bonchev–Trinajstić information content (AvgIpc) is 2.95. The number of halogens is 6. The van der Waals surface area contributed by atoms with Gasteiger partial charge in [0.25, 0.3) is 0 Å². The van der Waals surface area contributed by atoms with E-state index in [1.165, 1.54) is 18.6 Å². The average molecular weight is 620 g/mol. The highest BCUT2D eigenvalue weighted by Gasteiger charge is 2.30. The molecule has 1 saturated heterocycles. The molecule has 0 saturated carbocycles. The normalized spacial score (nSPS) is 12.3. The van der Waals surface area contributed by atoms with Gasteiger partial charge < -0.3 is 26.3 Å². The van der Waals surface area contributed by atoms with Gasteiger partial charge in [-0.05, 0) is 45.2 Å². The largest absolute Gasteiger partial charge is 0.416 e. The van der Waals surface area contributed by atoms with Crippen LogP contribution in [0.3, 0.4) is 0 Å². The minimum Gasteiger partial charge on any atom is -0.340 e. The summed E-state index contributed by atoms with van der Waals surface area (Å²) in [5, 5.41) is 15.6. The highest BCUT2D eigenvalue weighted by molar-refractivity contribution is 5.62. The van der Waals surface area contributed by atoms with Crippen LogP contribution in [-0.2, 0) is 12.6 Å². The number of alkyl halides is 6. The van der Waals surface area contributed by atoms with Crippen LogP contribution < -0.4 is 20.9 Å². The van der Waals surface area contributed by atoms with Crippen molar-refractivity contribution in [2.75, 3.05) is 50.0 Å². The predicted molar refractivity (Wildman–Crippen MR) is 165 cm³/mol. The Morgan fingerprint density at radius 3 is 1.95 bits per heavy atom. The Morgan fingerprint density at radius 2 is 1.56 bits per heavy atom. The zero-order valence-electron chi connectivity index (χ0n) is 26.2. The summed E-state index contributed by atoms with van der Waals surface area (Å²) >= 11 is 0. The van der Waals surface area contributed by atoms with Crippen molar-refractivity contribution in [3.05, 3.63) is 41.1 Å². The minimum absolute atomic E-state index is 0.333. The zero-order chi connectivity index (χ0) is 33.5. The van der Waals surface area contributed by atoms with Gasteiger partial charge >= 0.3 is 12.4 Å². The fourth-order valence-corrected chi connectivity index (χ4v) is 3.16. The molecule has 244 valence electrons. The van der Waals surface area contributed by atoms with E-state index in [0.29, 0.717) is 23.7 Å². The number of hydrogen-bond donors (Lipinski definition) is 4. The third kappa shape index (κ3) is 18.7. The summed E-state index contributed by atoms with van der Waals surface area (Å²) in [7, 11) is 1.88. The van der Waals surface area contributed by atoms with Gasteiger partial charge in [0, 0.05) is 56.6 Å². The molecular formula is C30H47F6N7. The molecule has 0 unspecified atom stereocenters. The van der Waals surface area contributed by atoms with Gasteiger partial charge in [0.05, 0.1) is 17.7 Å². The van der Waals surface area contributed by atoms with Crippen molar-refractivity contribution in [3.63, 3.8) is 0 Å². The molecule has 0 atom stereocenters. The molecule has 13 heteroatoms. The first kappa shape index (κ1) is 41.8. The monoisotopic (exact) mass is 619 g/mol. The number of terminal acetylenes is 1. The Kier molecular flexibility index (Phi) is 22.5. The van der Waals surface area contributed by atoms with Crippen molar-refractivity contribution >= 4 is 23.7 Å². The second kappa shape index (κ2) is 23.1. The maximum absolute atomic E-state index is 12.8. The molecule has 1 fully saturated rings. The van der Waals surface area contributed by atoms with E-state index in [0.717, 1.165) is 62.5 Å². The summed E-state index contributed by atoms with van der Waals surface area (Å²) < 4.78 is 71.1. The smallest absolute Gasteiger partial charge is 0.340 e. The van der Waals surface area contributed by atoms with Gasteiger partial charge in [0.15, 0.2) is 0 Å². The molecule has 3 rings (SSSR count). The number of benzene rings is 1. The van der Waals surface area contributed by atoms with Crippen LogP contribution >= 0.6 is 0 Å². The zero-order valence-corrected chi connectivity index (χ0v) is 26.2. The van der Waals surface area contributed by atoms with Crippen LogP contribution in [0.4, 0.5) is 43.8 Å². The maximum atomic E-state index is 12.8. The molecule has 1 aromatic carbocycles. The molecule has 1 aliphatic heterocycles. The van der Waals surface area contributed by atoms with E-state index in [1.807, 2.05) is 27.8 Å². The van der Waals surface area contributed by atoms with E-state index in [9.17, 15) is 26.3 Å². The molecule has 0 radical (unpaired) electrons. The quantitative estimate of drug-likeness (QED) is 0.147. The van der Waals surface area contributed by atoms with E-state index < -0.39 is 24.3 Å². The van der Waals surface area contributed by atoms with Crippen LogP contribution in [0, 0.1) is 24.7 Å². The molecule has 2 aromatic rings. The van der Waals surface area contributed by atoms with Crippen molar-refractivity contribution in [2.45, 2.75) is 73.2 Å². The number of nitrogens with zero attached hydrogens (tertiary/aromatic N) is 3. The molecule has 43 heavy (non-hydrogen) atoms. The Bertz CT molecular complexity index is 1040. The topological polar surface area (TPSA) is 89.0 Å². The lowest BCUT2D eigenvalue weighted by molar-refractivity contribution is -0.137. The summed E-state index contributed by atoms with van der Waals surface area (Å²) in [6, 6.07) is 4.97. The number of rotatable bonds is 7. The van der Waals surface area contributed by atoms with E-state index in [1.54, 1.807) is 6.92 Å². The Labute approximate surface area is 252 Å². The summed E-state index contributed by atoms with van der Waals surface area (Å²) in [4.78, 5) is 11.5. The first-order valence-corrected chi connectivity index (χ1v) is 14.1. The van der Waals surface area contributed by atoms with E-state index >= 15 is 0 Å². The van der Waals surface area contributed by atoms with Gasteiger partial charge in [0.1, 0.15) is 5.82 Å². The highest BCUT2D eigenvalue weighted by Crippen LogP contribution is 2.31. The molecule has 4 N–H and O–H groups in total. The SMILES string of the molecule is C#CC.CC.CCC.CNCCc1nc(N2CCNCC2)nc(Nc2ccc(C(F)(F)F)cc2)c1C.N=CCC(F)(F)F. The van der Waals surface area contributed by atoms with E-state index in [-0.39, 0.29) is 0 Å². The maximum Gasteiger partial charge on any atom is 0.416 e. The lowest BCUT2D eigenvalue weighted by atomic mass is 10.1. The number of aromatic nitrogens is 2. The first-order chi connectivity index (χ1) is 20.3. The molecule has 0 amide bonds. The fraction of sp³-hybridized carbons (Fsp3) is 0.567. The molecule has 0 spiro atoms. The first-order valence-electron chi connectivity index (χ1n) is 14.1. The van der Waals surface area contributed by atoms with Gasteiger partial charge in [-0.25, -0.2) is 4.98 Å². The van der Waals surface area contributed by atoms with Crippen LogP contribution in [0.5, 0.6) is 0 Å². The van der Waals surface area contributed by atoms with Gasteiger partial charge in [-0.3, -0.25) is 0 Å². The number of piperazine rings is 1. The third-order valence-corrected chi connectivity index (χ3v) is 5.05. The number of nitrogens with one attached hydrogen (secondary N) is 4. The van der Waals surface area contributed by atoms with Gasteiger partial charge in [0.2, 0.25) is 5.95 Å². The van der Waals surface area contributed by atoms with Crippen LogP contribution in [0.25, 0.3) is 0 Å². The van der Waals surface area contributed by atoms with Gasteiger partial charge in [-0.1, -0.05) is 34.1 Å². The van der Waals surface area contributed by atoms with E-state index in [2.05, 4.69) is 52.0 Å². The number of anilines is 3. The van der Waals surface area contributed by atoms with Gasteiger partial charge in [-0.2, -0.15) is 31.3 Å². The summed E-state index contributed by atoms with van der Waals surface area (Å²) in [5.41, 5.74) is 1.70. The molecule has 0 bridgehead atoms. The summed E-state index contributed by atoms with van der Waals surface area (Å²) in [6.07, 6.45) is -2.74. The van der Waals surface area contributed by atoms with Crippen molar-refractivity contribution in [2.24, 2.45) is 0 Å². The lowest BCUT2D eigenvalue weighted by Gasteiger charge is -2.28.